The molecular weight excluding hydrogens is 395 g/mol. The SMILES string of the molecule is O=C(Nc1nn(-c2ccc(Cl)cc2Cl)nc1-c1ccccc1)c1ccccc1. The second-order valence-electron chi connectivity index (χ2n) is 5.97. The van der Waals surface area contributed by atoms with Crippen LogP contribution in [-0.2, 0) is 0 Å². The van der Waals surface area contributed by atoms with Crippen LogP contribution in [0.15, 0.2) is 78.9 Å². The van der Waals surface area contributed by atoms with Crippen molar-refractivity contribution in [1.82, 2.24) is 15.0 Å². The van der Waals surface area contributed by atoms with Gasteiger partial charge in [-0.1, -0.05) is 71.7 Å². The molecule has 0 aliphatic heterocycles. The van der Waals surface area contributed by atoms with Gasteiger partial charge in [0, 0.05) is 16.1 Å². The van der Waals surface area contributed by atoms with Crippen LogP contribution >= 0.6 is 23.2 Å². The van der Waals surface area contributed by atoms with Crippen molar-refractivity contribution >= 4 is 34.9 Å². The lowest BCUT2D eigenvalue weighted by atomic mass is 10.1. The molecular formula is C21H14Cl2N4O. The predicted molar refractivity (Wildman–Crippen MR) is 111 cm³/mol. The molecule has 28 heavy (non-hydrogen) atoms. The summed E-state index contributed by atoms with van der Waals surface area (Å²) in [5, 5.41) is 12.8. The van der Waals surface area contributed by atoms with E-state index < -0.39 is 0 Å². The van der Waals surface area contributed by atoms with Gasteiger partial charge in [0.2, 0.25) is 0 Å². The topological polar surface area (TPSA) is 59.8 Å². The Balaban J connectivity index is 1.78. The van der Waals surface area contributed by atoms with Crippen LogP contribution in [-0.4, -0.2) is 20.9 Å². The molecule has 0 saturated carbocycles. The van der Waals surface area contributed by atoms with Gasteiger partial charge in [-0.25, -0.2) is 0 Å². The maximum absolute atomic E-state index is 12.6. The van der Waals surface area contributed by atoms with E-state index in [1.165, 1.54) is 4.80 Å². The quantitative estimate of drug-likeness (QED) is 0.485. The zero-order chi connectivity index (χ0) is 19.5. The van der Waals surface area contributed by atoms with E-state index in [0.29, 0.717) is 32.8 Å². The first-order valence-electron chi connectivity index (χ1n) is 8.46. The third-order valence-corrected chi connectivity index (χ3v) is 4.59. The van der Waals surface area contributed by atoms with E-state index in [2.05, 4.69) is 15.5 Å². The number of anilines is 1. The van der Waals surface area contributed by atoms with Crippen molar-refractivity contribution < 1.29 is 4.79 Å². The summed E-state index contributed by atoms with van der Waals surface area (Å²) in [4.78, 5) is 14.0. The van der Waals surface area contributed by atoms with Crippen LogP contribution in [0.2, 0.25) is 10.0 Å². The van der Waals surface area contributed by atoms with Crippen LogP contribution in [0.1, 0.15) is 10.4 Å². The first-order valence-corrected chi connectivity index (χ1v) is 9.22. The highest BCUT2D eigenvalue weighted by Gasteiger charge is 2.18. The summed E-state index contributed by atoms with van der Waals surface area (Å²) in [6, 6.07) is 23.5. The van der Waals surface area contributed by atoms with Gasteiger partial charge in [-0.2, -0.15) is 0 Å². The van der Waals surface area contributed by atoms with E-state index >= 15 is 0 Å². The van der Waals surface area contributed by atoms with Crippen molar-refractivity contribution in [3.05, 3.63) is 94.5 Å². The van der Waals surface area contributed by atoms with Crippen LogP contribution in [0.4, 0.5) is 5.82 Å². The maximum Gasteiger partial charge on any atom is 0.256 e. The fourth-order valence-corrected chi connectivity index (χ4v) is 3.19. The molecule has 3 aromatic carbocycles. The highest BCUT2D eigenvalue weighted by molar-refractivity contribution is 6.35. The average molecular weight is 409 g/mol. The summed E-state index contributed by atoms with van der Waals surface area (Å²) in [6.07, 6.45) is 0. The van der Waals surface area contributed by atoms with E-state index in [-0.39, 0.29) is 5.91 Å². The Morgan fingerprint density at radius 1 is 0.857 bits per heavy atom. The Hall–Kier alpha value is -3.15. The number of carbonyl (C=O) groups excluding carboxylic acids is 1. The van der Waals surface area contributed by atoms with Crippen molar-refractivity contribution in [2.45, 2.75) is 0 Å². The molecule has 4 aromatic rings. The van der Waals surface area contributed by atoms with Crippen molar-refractivity contribution in [2.24, 2.45) is 0 Å². The highest BCUT2D eigenvalue weighted by atomic mass is 35.5. The Bertz CT molecular complexity index is 1130. The van der Waals surface area contributed by atoms with Gasteiger partial charge in [-0.05, 0) is 30.3 Å². The maximum atomic E-state index is 12.6. The minimum Gasteiger partial charge on any atom is -0.303 e. The first kappa shape index (κ1) is 18.2. The molecule has 5 nitrogen and oxygen atoms in total. The molecule has 0 radical (unpaired) electrons. The fraction of sp³-hybridized carbons (Fsp3) is 0. The summed E-state index contributed by atoms with van der Waals surface area (Å²) >= 11 is 12.3. The molecule has 4 rings (SSSR count). The van der Waals surface area contributed by atoms with Gasteiger partial charge < -0.3 is 5.32 Å². The summed E-state index contributed by atoms with van der Waals surface area (Å²) < 4.78 is 0. The number of nitrogens with one attached hydrogen (secondary N) is 1. The minimum absolute atomic E-state index is 0.271. The minimum atomic E-state index is -0.271. The molecule has 0 unspecified atom stereocenters. The number of amides is 1. The third kappa shape index (κ3) is 3.76. The number of benzene rings is 3. The van der Waals surface area contributed by atoms with Crippen LogP contribution < -0.4 is 5.32 Å². The van der Waals surface area contributed by atoms with Gasteiger partial charge in [-0.15, -0.1) is 15.0 Å². The van der Waals surface area contributed by atoms with Crippen LogP contribution in [0.25, 0.3) is 16.9 Å². The van der Waals surface area contributed by atoms with E-state index in [1.54, 1.807) is 42.5 Å². The van der Waals surface area contributed by atoms with Crippen molar-refractivity contribution in [3.8, 4) is 16.9 Å². The molecule has 1 N–H and O–H groups in total. The number of halogens is 2. The summed E-state index contributed by atoms with van der Waals surface area (Å²) in [7, 11) is 0. The Labute approximate surface area is 171 Å². The Morgan fingerprint density at radius 3 is 2.21 bits per heavy atom. The molecule has 0 aliphatic rings. The second-order valence-corrected chi connectivity index (χ2v) is 6.81. The van der Waals surface area contributed by atoms with E-state index in [9.17, 15) is 4.79 Å². The molecule has 1 aromatic heterocycles. The second kappa shape index (κ2) is 7.84. The lowest BCUT2D eigenvalue weighted by Gasteiger charge is -2.04. The summed E-state index contributed by atoms with van der Waals surface area (Å²) in [5.41, 5.74) is 2.45. The van der Waals surface area contributed by atoms with Crippen LogP contribution in [0.5, 0.6) is 0 Å². The van der Waals surface area contributed by atoms with E-state index in [1.807, 2.05) is 36.4 Å². The predicted octanol–water partition coefficient (Wildman–Crippen LogP) is 5.49. The van der Waals surface area contributed by atoms with Gasteiger partial charge in [0.1, 0.15) is 11.4 Å². The first-order chi connectivity index (χ1) is 13.6. The normalized spacial score (nSPS) is 10.6. The van der Waals surface area contributed by atoms with Crippen molar-refractivity contribution in [3.63, 3.8) is 0 Å². The lowest BCUT2D eigenvalue weighted by molar-refractivity contribution is 0.102. The number of hydrogen-bond acceptors (Lipinski definition) is 3. The Morgan fingerprint density at radius 2 is 1.54 bits per heavy atom. The standard InChI is InChI=1S/C21H14Cl2N4O/c22-16-11-12-18(17(23)13-16)27-25-19(14-7-3-1-4-8-14)20(26-27)24-21(28)15-9-5-2-6-10-15/h1-13H,(H,24,26,28). The molecule has 138 valence electrons. The zero-order valence-corrected chi connectivity index (χ0v) is 16.0. The zero-order valence-electron chi connectivity index (χ0n) is 14.5. The summed E-state index contributed by atoms with van der Waals surface area (Å²) in [6.45, 7) is 0. The average Bonchev–Trinajstić information content (AvgIpc) is 3.12. The molecule has 0 saturated heterocycles. The lowest BCUT2D eigenvalue weighted by Crippen LogP contribution is -2.13. The molecule has 0 atom stereocenters. The molecule has 1 amide bonds. The molecule has 0 aliphatic carbocycles. The van der Waals surface area contributed by atoms with Gasteiger partial charge >= 0.3 is 0 Å². The van der Waals surface area contributed by atoms with Gasteiger partial charge in [-0.3, -0.25) is 4.79 Å². The van der Waals surface area contributed by atoms with E-state index in [0.717, 1.165) is 5.56 Å². The van der Waals surface area contributed by atoms with Crippen LogP contribution in [0.3, 0.4) is 0 Å². The van der Waals surface area contributed by atoms with Crippen LogP contribution in [0, 0.1) is 0 Å². The number of nitrogens with zero attached hydrogens (tertiary/aromatic N) is 3. The largest absolute Gasteiger partial charge is 0.303 e. The molecule has 0 bridgehead atoms. The molecule has 7 heteroatoms. The van der Waals surface area contributed by atoms with Crippen molar-refractivity contribution in [1.29, 1.82) is 0 Å². The van der Waals surface area contributed by atoms with E-state index in [4.69, 9.17) is 23.2 Å². The monoisotopic (exact) mass is 408 g/mol. The number of carbonyl (C=O) groups is 1. The van der Waals surface area contributed by atoms with Gasteiger partial charge in [0.15, 0.2) is 5.82 Å². The molecule has 0 fully saturated rings. The smallest absolute Gasteiger partial charge is 0.256 e. The van der Waals surface area contributed by atoms with Crippen molar-refractivity contribution in [2.75, 3.05) is 5.32 Å². The van der Waals surface area contributed by atoms with Gasteiger partial charge in [0.05, 0.1) is 5.02 Å². The number of aromatic nitrogens is 3. The third-order valence-electron chi connectivity index (χ3n) is 4.05. The molecule has 1 heterocycles. The Kier molecular flexibility index (Phi) is 5.10. The van der Waals surface area contributed by atoms with Gasteiger partial charge in [0.25, 0.3) is 5.91 Å². The molecule has 0 spiro atoms. The highest BCUT2D eigenvalue weighted by Crippen LogP contribution is 2.28. The summed E-state index contributed by atoms with van der Waals surface area (Å²) in [5.74, 6) is 0.0677. The fourth-order valence-electron chi connectivity index (χ4n) is 2.70. The number of rotatable bonds is 4. The number of hydrogen-bond donors (Lipinski definition) is 1.